The van der Waals surface area contributed by atoms with Crippen molar-refractivity contribution >= 4 is 17.5 Å². The number of carbonyl (C=O) groups excluding carboxylic acids is 1. The van der Waals surface area contributed by atoms with Gasteiger partial charge in [0.1, 0.15) is 16.7 Å². The first-order chi connectivity index (χ1) is 16.2. The van der Waals surface area contributed by atoms with E-state index in [1.165, 1.54) is 7.11 Å². The van der Waals surface area contributed by atoms with E-state index < -0.39 is 28.8 Å². The molecular weight excluding hydrogens is 472 g/mol. The highest BCUT2D eigenvalue weighted by molar-refractivity contribution is 6.29. The summed E-state index contributed by atoms with van der Waals surface area (Å²) in [5.74, 6) is -2.83. The van der Waals surface area contributed by atoms with Gasteiger partial charge in [0.15, 0.2) is 5.82 Å². The summed E-state index contributed by atoms with van der Waals surface area (Å²) in [6, 6.07) is 5.76. The van der Waals surface area contributed by atoms with Gasteiger partial charge in [-0.15, -0.1) is 0 Å². The number of carbonyl (C=O) groups is 1. The number of halogens is 3. The first-order valence-electron chi connectivity index (χ1n) is 9.85. The van der Waals surface area contributed by atoms with Crippen molar-refractivity contribution in [3.8, 4) is 17.4 Å². The Kier molecular flexibility index (Phi) is 6.24. The molecule has 4 aromatic heterocycles. The van der Waals surface area contributed by atoms with Crippen LogP contribution >= 0.6 is 11.6 Å². The van der Waals surface area contributed by atoms with Gasteiger partial charge >= 0.3 is 11.8 Å². The van der Waals surface area contributed by atoms with Crippen LogP contribution in [-0.4, -0.2) is 49.5 Å². The van der Waals surface area contributed by atoms with Crippen LogP contribution in [0.5, 0.6) is 5.88 Å². The smallest absolute Gasteiger partial charge is 0.316 e. The maximum atomic E-state index is 14.0. The molecule has 1 unspecified atom stereocenters. The molecule has 13 heteroatoms. The molecular formula is C21H18ClF2N7O3. The van der Waals surface area contributed by atoms with Gasteiger partial charge in [-0.2, -0.15) is 10.1 Å². The second-order valence-corrected chi connectivity index (χ2v) is 7.85. The third kappa shape index (κ3) is 4.31. The molecule has 0 aliphatic heterocycles. The Morgan fingerprint density at radius 3 is 2.79 bits per heavy atom. The van der Waals surface area contributed by atoms with E-state index in [9.17, 15) is 13.6 Å². The molecule has 0 fully saturated rings. The van der Waals surface area contributed by atoms with Crippen molar-refractivity contribution in [3.63, 3.8) is 0 Å². The number of hydrogen-bond donors (Lipinski definition) is 1. The summed E-state index contributed by atoms with van der Waals surface area (Å²) in [7, 11) is 3.23. The van der Waals surface area contributed by atoms with Crippen molar-refractivity contribution in [2.24, 2.45) is 7.05 Å². The number of nitrogens with one attached hydrogen (secondary N) is 1. The minimum absolute atomic E-state index is 0.0160. The number of pyridine rings is 2. The fourth-order valence-corrected chi connectivity index (χ4v) is 3.57. The second-order valence-electron chi connectivity index (χ2n) is 7.46. The van der Waals surface area contributed by atoms with Crippen LogP contribution < -0.4 is 10.1 Å². The molecule has 0 spiro atoms. The number of rotatable bonds is 7. The van der Waals surface area contributed by atoms with Crippen LogP contribution in [0.15, 0.2) is 41.2 Å². The number of methoxy groups -OCH3 is 1. The average molecular weight is 490 g/mol. The predicted octanol–water partition coefficient (Wildman–Crippen LogP) is 2.94. The van der Waals surface area contributed by atoms with Gasteiger partial charge in [-0.05, 0) is 19.1 Å². The molecule has 4 aromatic rings. The molecule has 4 heterocycles. The molecule has 0 aliphatic rings. The van der Waals surface area contributed by atoms with Gasteiger partial charge in [-0.3, -0.25) is 4.79 Å². The third-order valence-electron chi connectivity index (χ3n) is 5.19. The van der Waals surface area contributed by atoms with Crippen LogP contribution in [0.1, 0.15) is 28.9 Å². The molecule has 10 nitrogen and oxygen atoms in total. The van der Waals surface area contributed by atoms with Gasteiger partial charge in [0.25, 0.3) is 0 Å². The van der Waals surface area contributed by atoms with Crippen LogP contribution in [-0.2, 0) is 12.5 Å². The van der Waals surface area contributed by atoms with Gasteiger partial charge in [-0.25, -0.2) is 23.4 Å². The van der Waals surface area contributed by atoms with Crippen LogP contribution in [0.4, 0.5) is 8.78 Å². The Morgan fingerprint density at radius 2 is 2.09 bits per heavy atom. The molecule has 176 valence electrons. The average Bonchev–Trinajstić information content (AvgIpc) is 3.44. The lowest BCUT2D eigenvalue weighted by Gasteiger charge is -2.29. The van der Waals surface area contributed by atoms with Crippen molar-refractivity contribution < 1.29 is 22.8 Å². The molecule has 1 atom stereocenters. The molecule has 0 saturated heterocycles. The number of hydrogen-bond acceptors (Lipinski definition) is 8. The van der Waals surface area contributed by atoms with Crippen LogP contribution in [0.3, 0.4) is 0 Å². The van der Waals surface area contributed by atoms with Gasteiger partial charge in [0.2, 0.25) is 11.7 Å². The zero-order chi connectivity index (χ0) is 24.5. The summed E-state index contributed by atoms with van der Waals surface area (Å²) < 4.78 is 39.1. The predicted molar refractivity (Wildman–Crippen MR) is 115 cm³/mol. The van der Waals surface area contributed by atoms with Gasteiger partial charge in [0, 0.05) is 25.2 Å². The summed E-state index contributed by atoms with van der Waals surface area (Å²) in [5.41, 5.74) is -0.0720. The number of aryl methyl sites for hydroxylation is 1. The van der Waals surface area contributed by atoms with E-state index in [0.29, 0.717) is 23.2 Å². The number of amides is 1. The van der Waals surface area contributed by atoms with Crippen LogP contribution in [0, 0.1) is 11.6 Å². The number of ether oxygens (including phenoxy) is 1. The lowest BCUT2D eigenvalue weighted by Crippen LogP contribution is -2.40. The molecule has 1 amide bonds. The fourth-order valence-electron chi connectivity index (χ4n) is 3.41. The Morgan fingerprint density at radius 1 is 1.29 bits per heavy atom. The van der Waals surface area contributed by atoms with Gasteiger partial charge in [-0.1, -0.05) is 22.8 Å². The van der Waals surface area contributed by atoms with Crippen molar-refractivity contribution in [1.29, 1.82) is 0 Å². The van der Waals surface area contributed by atoms with Crippen molar-refractivity contribution in [2.45, 2.75) is 12.3 Å². The molecule has 0 aliphatic carbocycles. The van der Waals surface area contributed by atoms with E-state index in [-0.39, 0.29) is 23.2 Å². The Hall–Kier alpha value is -3.93. The largest absolute Gasteiger partial charge is 0.481 e. The highest BCUT2D eigenvalue weighted by Gasteiger charge is 2.37. The fraction of sp³-hybridized carbons (Fsp3) is 0.238. The SMILES string of the molecule is COc1c(C(C)(CNC(=O)c2nc(-c3ncc(F)cc3F)no2)c2cccc(Cl)n2)cnn1C. The monoisotopic (exact) mass is 489 g/mol. The van der Waals surface area contributed by atoms with Gasteiger partial charge < -0.3 is 14.6 Å². The Labute approximate surface area is 196 Å². The molecule has 0 radical (unpaired) electrons. The van der Waals surface area contributed by atoms with Crippen LogP contribution in [0.2, 0.25) is 5.15 Å². The lowest BCUT2D eigenvalue weighted by atomic mass is 9.80. The lowest BCUT2D eigenvalue weighted by molar-refractivity contribution is 0.0903. The van der Waals surface area contributed by atoms with E-state index in [1.54, 1.807) is 36.1 Å². The molecule has 0 saturated carbocycles. The van der Waals surface area contributed by atoms with Gasteiger partial charge in [0.05, 0.1) is 30.6 Å². The number of aromatic nitrogens is 6. The molecule has 4 rings (SSSR count). The first kappa shape index (κ1) is 23.2. The van der Waals surface area contributed by atoms with Crippen molar-refractivity contribution in [2.75, 3.05) is 13.7 Å². The zero-order valence-corrected chi connectivity index (χ0v) is 19.0. The van der Waals surface area contributed by atoms with Crippen molar-refractivity contribution in [1.82, 2.24) is 35.2 Å². The van der Waals surface area contributed by atoms with E-state index in [1.807, 2.05) is 6.92 Å². The summed E-state index contributed by atoms with van der Waals surface area (Å²) >= 11 is 6.12. The molecule has 34 heavy (non-hydrogen) atoms. The maximum Gasteiger partial charge on any atom is 0.316 e. The second kappa shape index (κ2) is 9.14. The highest BCUT2D eigenvalue weighted by atomic mass is 35.5. The van der Waals surface area contributed by atoms with Crippen LogP contribution in [0.25, 0.3) is 11.5 Å². The number of nitrogens with zero attached hydrogens (tertiary/aromatic N) is 6. The van der Waals surface area contributed by atoms with E-state index in [0.717, 1.165) is 6.20 Å². The minimum atomic E-state index is -0.990. The summed E-state index contributed by atoms with van der Waals surface area (Å²) in [4.78, 5) is 24.7. The van der Waals surface area contributed by atoms with E-state index in [4.69, 9.17) is 20.9 Å². The minimum Gasteiger partial charge on any atom is -0.481 e. The zero-order valence-electron chi connectivity index (χ0n) is 18.2. The molecule has 0 bridgehead atoms. The normalized spacial score (nSPS) is 12.9. The van der Waals surface area contributed by atoms with E-state index in [2.05, 4.69) is 30.5 Å². The Balaban J connectivity index is 1.62. The molecule has 0 aromatic carbocycles. The standard InChI is InChI=1S/C21H18ClF2N7O3/c1-21(14-5-4-6-15(22)28-14,12-9-27-31(2)20(12)33-3)10-26-18(32)19-29-17(30-34-19)16-13(24)7-11(23)8-25-16/h4-9H,10H2,1-3H3,(H,26,32). The first-order valence-corrected chi connectivity index (χ1v) is 10.2. The molecule has 1 N–H and O–H groups in total. The maximum absolute atomic E-state index is 14.0. The van der Waals surface area contributed by atoms with Crippen molar-refractivity contribution in [3.05, 3.63) is 70.6 Å². The summed E-state index contributed by atoms with van der Waals surface area (Å²) in [6.07, 6.45) is 2.42. The Bertz CT molecular complexity index is 1360. The summed E-state index contributed by atoms with van der Waals surface area (Å²) in [6.45, 7) is 1.85. The quantitative estimate of drug-likeness (QED) is 0.393. The topological polar surface area (TPSA) is 121 Å². The van der Waals surface area contributed by atoms with E-state index >= 15 is 0 Å². The third-order valence-corrected chi connectivity index (χ3v) is 5.41. The summed E-state index contributed by atoms with van der Waals surface area (Å²) in [5, 5.41) is 10.8. The highest BCUT2D eigenvalue weighted by Crippen LogP contribution is 2.36.